The SMILES string of the molecule is Cl.NC1CCCN(Cc2cn[nH]c2-c2ccc(C(F)(F)F)cc2)C1. The number of rotatable bonds is 3. The van der Waals surface area contributed by atoms with Crippen LogP contribution in [0, 0.1) is 0 Å². The lowest BCUT2D eigenvalue weighted by molar-refractivity contribution is -0.137. The van der Waals surface area contributed by atoms with E-state index in [1.54, 1.807) is 6.20 Å². The summed E-state index contributed by atoms with van der Waals surface area (Å²) in [5.74, 6) is 0. The van der Waals surface area contributed by atoms with E-state index in [2.05, 4.69) is 15.1 Å². The molecule has 3 rings (SSSR count). The summed E-state index contributed by atoms with van der Waals surface area (Å²) in [5, 5.41) is 6.94. The molecule has 1 unspecified atom stereocenters. The van der Waals surface area contributed by atoms with Crippen LogP contribution in [0.3, 0.4) is 0 Å². The van der Waals surface area contributed by atoms with Crippen LogP contribution in [0.1, 0.15) is 24.0 Å². The topological polar surface area (TPSA) is 57.9 Å². The van der Waals surface area contributed by atoms with Gasteiger partial charge in [0, 0.05) is 24.7 Å². The Morgan fingerprint density at radius 1 is 1.25 bits per heavy atom. The van der Waals surface area contributed by atoms with Crippen LogP contribution in [0.5, 0.6) is 0 Å². The first-order valence-electron chi connectivity index (χ1n) is 7.61. The van der Waals surface area contributed by atoms with Crippen molar-refractivity contribution < 1.29 is 13.2 Å². The molecule has 0 spiro atoms. The number of benzene rings is 1. The van der Waals surface area contributed by atoms with Crippen LogP contribution in [0.25, 0.3) is 11.3 Å². The minimum absolute atomic E-state index is 0. The molecule has 1 aromatic carbocycles. The van der Waals surface area contributed by atoms with Crippen molar-refractivity contribution in [2.75, 3.05) is 13.1 Å². The van der Waals surface area contributed by atoms with Crippen molar-refractivity contribution in [2.24, 2.45) is 5.73 Å². The molecule has 0 radical (unpaired) electrons. The Labute approximate surface area is 144 Å². The van der Waals surface area contributed by atoms with Gasteiger partial charge in [0.05, 0.1) is 17.5 Å². The molecule has 132 valence electrons. The number of likely N-dealkylation sites (tertiary alicyclic amines) is 1. The van der Waals surface area contributed by atoms with Crippen LogP contribution in [0.15, 0.2) is 30.5 Å². The van der Waals surface area contributed by atoms with E-state index in [-0.39, 0.29) is 18.4 Å². The van der Waals surface area contributed by atoms with E-state index < -0.39 is 11.7 Å². The molecule has 1 aromatic heterocycles. The number of aromatic nitrogens is 2. The quantitative estimate of drug-likeness (QED) is 0.881. The van der Waals surface area contributed by atoms with Crippen LogP contribution < -0.4 is 5.73 Å². The van der Waals surface area contributed by atoms with Crippen molar-refractivity contribution in [1.82, 2.24) is 15.1 Å². The van der Waals surface area contributed by atoms with E-state index in [9.17, 15) is 13.2 Å². The molecule has 0 amide bonds. The Bertz CT molecular complexity index is 654. The zero-order valence-electron chi connectivity index (χ0n) is 13.0. The van der Waals surface area contributed by atoms with E-state index in [1.807, 2.05) is 0 Å². The first kappa shape index (κ1) is 18.8. The van der Waals surface area contributed by atoms with Gasteiger partial charge in [-0.3, -0.25) is 10.00 Å². The molecule has 3 N–H and O–H groups in total. The molecular weight excluding hydrogens is 341 g/mol. The van der Waals surface area contributed by atoms with Gasteiger partial charge in [0.1, 0.15) is 0 Å². The lowest BCUT2D eigenvalue weighted by atomic mass is 10.0. The molecule has 24 heavy (non-hydrogen) atoms. The van der Waals surface area contributed by atoms with Gasteiger partial charge in [-0.05, 0) is 37.1 Å². The standard InChI is InChI=1S/C16H19F3N4.ClH/c17-16(18,19)13-5-3-11(4-6-13)15-12(8-21-22-15)9-23-7-1-2-14(20)10-23;/h3-6,8,14H,1-2,7,9-10,20H2,(H,21,22);1H. The molecule has 1 atom stereocenters. The van der Waals surface area contributed by atoms with E-state index in [4.69, 9.17) is 5.73 Å². The number of hydrogen-bond donors (Lipinski definition) is 2. The first-order chi connectivity index (χ1) is 10.9. The molecule has 8 heteroatoms. The van der Waals surface area contributed by atoms with E-state index in [1.165, 1.54) is 12.1 Å². The molecular formula is C16H20ClF3N4. The number of alkyl halides is 3. The van der Waals surface area contributed by atoms with Gasteiger partial charge in [0.2, 0.25) is 0 Å². The lowest BCUT2D eigenvalue weighted by Crippen LogP contribution is -2.42. The molecule has 2 heterocycles. The Kier molecular flexibility index (Phi) is 5.90. The number of nitrogens with one attached hydrogen (secondary N) is 1. The molecule has 1 saturated heterocycles. The predicted octanol–water partition coefficient (Wildman–Crippen LogP) is 3.44. The van der Waals surface area contributed by atoms with Gasteiger partial charge in [0.15, 0.2) is 0 Å². The minimum Gasteiger partial charge on any atom is -0.327 e. The number of nitrogens with zero attached hydrogens (tertiary/aromatic N) is 2. The summed E-state index contributed by atoms with van der Waals surface area (Å²) >= 11 is 0. The number of piperidine rings is 1. The van der Waals surface area contributed by atoms with Crippen molar-refractivity contribution in [3.63, 3.8) is 0 Å². The average Bonchev–Trinajstić information content (AvgIpc) is 2.94. The third-order valence-electron chi connectivity index (χ3n) is 4.15. The summed E-state index contributed by atoms with van der Waals surface area (Å²) in [6.45, 7) is 2.50. The second kappa shape index (κ2) is 7.55. The van der Waals surface area contributed by atoms with Crippen LogP contribution >= 0.6 is 12.4 Å². The smallest absolute Gasteiger partial charge is 0.327 e. The normalized spacial score (nSPS) is 19.1. The predicted molar refractivity (Wildman–Crippen MR) is 88.8 cm³/mol. The third-order valence-corrected chi connectivity index (χ3v) is 4.15. The summed E-state index contributed by atoms with van der Waals surface area (Å²) in [6.07, 6.45) is -0.491. The van der Waals surface area contributed by atoms with Crippen LogP contribution in [0.2, 0.25) is 0 Å². The molecule has 1 aliphatic rings. The van der Waals surface area contributed by atoms with Gasteiger partial charge in [-0.15, -0.1) is 12.4 Å². The molecule has 0 aliphatic carbocycles. The van der Waals surface area contributed by atoms with Gasteiger partial charge in [-0.2, -0.15) is 18.3 Å². The lowest BCUT2D eigenvalue weighted by Gasteiger charge is -2.30. The fourth-order valence-corrected chi connectivity index (χ4v) is 2.98. The highest BCUT2D eigenvalue weighted by Gasteiger charge is 2.30. The van der Waals surface area contributed by atoms with Crippen LogP contribution in [-0.4, -0.2) is 34.2 Å². The molecule has 1 fully saturated rings. The zero-order valence-corrected chi connectivity index (χ0v) is 13.8. The maximum atomic E-state index is 12.6. The van der Waals surface area contributed by atoms with Crippen molar-refractivity contribution >= 4 is 12.4 Å². The van der Waals surface area contributed by atoms with E-state index in [0.29, 0.717) is 12.1 Å². The number of H-pyrrole nitrogens is 1. The van der Waals surface area contributed by atoms with Crippen molar-refractivity contribution in [2.45, 2.75) is 31.6 Å². The Hall–Kier alpha value is -1.57. The Morgan fingerprint density at radius 2 is 1.96 bits per heavy atom. The van der Waals surface area contributed by atoms with Crippen molar-refractivity contribution in [3.8, 4) is 11.3 Å². The highest BCUT2D eigenvalue weighted by Crippen LogP contribution is 2.31. The second-order valence-electron chi connectivity index (χ2n) is 5.98. The minimum atomic E-state index is -4.32. The number of halogens is 4. The second-order valence-corrected chi connectivity index (χ2v) is 5.98. The maximum absolute atomic E-state index is 12.6. The highest BCUT2D eigenvalue weighted by molar-refractivity contribution is 5.85. The van der Waals surface area contributed by atoms with Crippen LogP contribution in [0.4, 0.5) is 13.2 Å². The van der Waals surface area contributed by atoms with Gasteiger partial charge < -0.3 is 5.73 Å². The summed E-state index contributed by atoms with van der Waals surface area (Å²) in [5.41, 5.74) is 7.77. The fourth-order valence-electron chi connectivity index (χ4n) is 2.98. The monoisotopic (exact) mass is 360 g/mol. The number of hydrogen-bond acceptors (Lipinski definition) is 3. The van der Waals surface area contributed by atoms with Crippen LogP contribution in [-0.2, 0) is 12.7 Å². The average molecular weight is 361 g/mol. The molecule has 2 aromatic rings. The Morgan fingerprint density at radius 3 is 2.58 bits per heavy atom. The van der Waals surface area contributed by atoms with Crippen molar-refractivity contribution in [3.05, 3.63) is 41.6 Å². The zero-order chi connectivity index (χ0) is 16.4. The highest BCUT2D eigenvalue weighted by atomic mass is 35.5. The Balaban J connectivity index is 0.00000208. The third kappa shape index (κ3) is 4.28. The summed E-state index contributed by atoms with van der Waals surface area (Å²) in [7, 11) is 0. The first-order valence-corrected chi connectivity index (χ1v) is 7.61. The molecule has 1 aliphatic heterocycles. The fraction of sp³-hybridized carbons (Fsp3) is 0.438. The van der Waals surface area contributed by atoms with E-state index in [0.717, 1.165) is 49.3 Å². The van der Waals surface area contributed by atoms with Gasteiger partial charge in [-0.25, -0.2) is 0 Å². The molecule has 0 bridgehead atoms. The number of nitrogens with two attached hydrogens (primary N) is 1. The van der Waals surface area contributed by atoms with Gasteiger partial charge >= 0.3 is 6.18 Å². The van der Waals surface area contributed by atoms with E-state index >= 15 is 0 Å². The van der Waals surface area contributed by atoms with Crippen molar-refractivity contribution in [1.29, 1.82) is 0 Å². The molecule has 4 nitrogen and oxygen atoms in total. The summed E-state index contributed by atoms with van der Waals surface area (Å²) in [6, 6.07) is 5.32. The molecule has 0 saturated carbocycles. The van der Waals surface area contributed by atoms with Gasteiger partial charge in [-0.1, -0.05) is 12.1 Å². The van der Waals surface area contributed by atoms with Gasteiger partial charge in [0.25, 0.3) is 0 Å². The summed E-state index contributed by atoms with van der Waals surface area (Å²) in [4.78, 5) is 2.26. The summed E-state index contributed by atoms with van der Waals surface area (Å²) < 4.78 is 37.9. The maximum Gasteiger partial charge on any atom is 0.416 e. The number of aromatic amines is 1. The largest absolute Gasteiger partial charge is 0.416 e.